The summed E-state index contributed by atoms with van der Waals surface area (Å²) in [4.78, 5) is 34.3. The minimum absolute atomic E-state index is 0.199. The van der Waals surface area contributed by atoms with E-state index >= 15 is 0 Å². The lowest BCUT2D eigenvalue weighted by atomic mass is 9.85. The monoisotopic (exact) mass is 419 g/mol. The Morgan fingerprint density at radius 1 is 1.07 bits per heavy atom. The normalized spacial score (nSPS) is 24.7. The van der Waals surface area contributed by atoms with Gasteiger partial charge in [0.2, 0.25) is 11.8 Å². The van der Waals surface area contributed by atoms with Crippen molar-refractivity contribution in [3.63, 3.8) is 0 Å². The van der Waals surface area contributed by atoms with Crippen LogP contribution in [0, 0.1) is 11.3 Å². The fraction of sp³-hybridized carbons (Fsp3) is 0.870. The van der Waals surface area contributed by atoms with Gasteiger partial charge in [0.05, 0.1) is 12.0 Å². The lowest BCUT2D eigenvalue weighted by molar-refractivity contribution is -0.138. The number of rotatable bonds is 6. The van der Waals surface area contributed by atoms with Crippen LogP contribution in [0.2, 0.25) is 0 Å². The molecule has 1 atom stereocenters. The first-order chi connectivity index (χ1) is 14.4. The molecule has 0 aromatic heterocycles. The van der Waals surface area contributed by atoms with Gasteiger partial charge in [0.15, 0.2) is 5.96 Å². The van der Waals surface area contributed by atoms with Crippen molar-refractivity contribution in [1.29, 1.82) is 0 Å². The number of hydrogen-bond acceptors (Lipinski definition) is 3. The summed E-state index contributed by atoms with van der Waals surface area (Å²) < 4.78 is 0. The fourth-order valence-corrected chi connectivity index (χ4v) is 5.40. The van der Waals surface area contributed by atoms with Crippen LogP contribution in [0.25, 0.3) is 0 Å². The summed E-state index contributed by atoms with van der Waals surface area (Å²) >= 11 is 0. The molecule has 1 heterocycles. The predicted molar refractivity (Wildman–Crippen MR) is 120 cm³/mol. The highest BCUT2D eigenvalue weighted by Gasteiger charge is 2.42. The maximum atomic E-state index is 12.8. The van der Waals surface area contributed by atoms with E-state index < -0.39 is 0 Å². The van der Waals surface area contributed by atoms with Crippen LogP contribution < -0.4 is 10.6 Å². The third-order valence-electron chi connectivity index (χ3n) is 7.10. The number of aliphatic imine (C=N–C) groups is 1. The zero-order valence-corrected chi connectivity index (χ0v) is 19.2. The molecule has 2 saturated carbocycles. The van der Waals surface area contributed by atoms with Gasteiger partial charge in [0, 0.05) is 45.7 Å². The summed E-state index contributed by atoms with van der Waals surface area (Å²) in [5, 5.41) is 6.87. The number of amides is 2. The minimum Gasteiger partial charge on any atom is -0.357 e. The van der Waals surface area contributed by atoms with Crippen LogP contribution in [-0.2, 0) is 9.59 Å². The van der Waals surface area contributed by atoms with Crippen LogP contribution in [0.1, 0.15) is 71.1 Å². The van der Waals surface area contributed by atoms with E-state index in [9.17, 15) is 9.59 Å². The van der Waals surface area contributed by atoms with Crippen LogP contribution in [-0.4, -0.2) is 73.9 Å². The van der Waals surface area contributed by atoms with Crippen LogP contribution in [0.5, 0.6) is 0 Å². The first kappa shape index (κ1) is 22.9. The molecule has 1 aliphatic heterocycles. The van der Waals surface area contributed by atoms with E-state index in [-0.39, 0.29) is 23.3 Å². The van der Waals surface area contributed by atoms with Gasteiger partial charge in [0.1, 0.15) is 0 Å². The van der Waals surface area contributed by atoms with Crippen molar-refractivity contribution in [2.24, 2.45) is 16.3 Å². The molecule has 2 amide bonds. The van der Waals surface area contributed by atoms with Gasteiger partial charge < -0.3 is 20.4 Å². The van der Waals surface area contributed by atoms with Crippen molar-refractivity contribution >= 4 is 17.8 Å². The number of guanidine groups is 1. The first-order valence-electron chi connectivity index (χ1n) is 12.0. The minimum atomic E-state index is -0.357. The van der Waals surface area contributed by atoms with E-state index in [1.165, 1.54) is 19.3 Å². The topological polar surface area (TPSA) is 77.0 Å². The summed E-state index contributed by atoms with van der Waals surface area (Å²) in [6.07, 6.45) is 10.7. The molecule has 3 rings (SSSR count). The fourth-order valence-electron chi connectivity index (χ4n) is 5.40. The molecule has 3 fully saturated rings. The second-order valence-corrected chi connectivity index (χ2v) is 9.63. The van der Waals surface area contributed by atoms with Crippen LogP contribution in [0.15, 0.2) is 4.99 Å². The van der Waals surface area contributed by atoms with Crippen molar-refractivity contribution in [1.82, 2.24) is 20.4 Å². The Balaban J connectivity index is 1.58. The van der Waals surface area contributed by atoms with E-state index in [1.54, 1.807) is 4.90 Å². The zero-order chi connectivity index (χ0) is 21.6. The molecule has 1 unspecified atom stereocenters. The van der Waals surface area contributed by atoms with Crippen molar-refractivity contribution in [2.45, 2.75) is 77.2 Å². The van der Waals surface area contributed by atoms with Gasteiger partial charge in [-0.2, -0.15) is 0 Å². The third kappa shape index (κ3) is 5.46. The molecule has 0 bridgehead atoms. The summed E-state index contributed by atoms with van der Waals surface area (Å²) in [5.74, 6) is 1.55. The molecule has 0 radical (unpaired) electrons. The van der Waals surface area contributed by atoms with Gasteiger partial charge in [-0.25, -0.2) is 0 Å². The van der Waals surface area contributed by atoms with E-state index in [0.717, 1.165) is 70.5 Å². The van der Waals surface area contributed by atoms with E-state index in [2.05, 4.69) is 17.6 Å². The quantitative estimate of drug-likeness (QED) is 0.512. The molecule has 0 aromatic carbocycles. The molecular weight excluding hydrogens is 378 g/mol. The lowest BCUT2D eigenvalue weighted by Gasteiger charge is -2.29. The summed E-state index contributed by atoms with van der Waals surface area (Å²) in [7, 11) is 3.68. The molecule has 170 valence electrons. The first-order valence-corrected chi connectivity index (χ1v) is 12.0. The van der Waals surface area contributed by atoms with E-state index in [0.29, 0.717) is 12.5 Å². The number of nitrogens with one attached hydrogen (secondary N) is 2. The molecule has 3 aliphatic rings. The highest BCUT2D eigenvalue weighted by molar-refractivity contribution is 5.84. The Morgan fingerprint density at radius 2 is 1.77 bits per heavy atom. The Morgan fingerprint density at radius 3 is 2.40 bits per heavy atom. The molecule has 2 N–H and O–H groups in total. The standard InChI is InChI=1S/C23H41N5O2/c1-4-24-22(25-17-23(13-8-9-14-23)21(30)27(2)3)26-19-12-15-28(16-19)20(29)18-10-6-5-7-11-18/h18-19H,4-17H2,1-3H3,(H2,24,25,26). The average molecular weight is 420 g/mol. The van der Waals surface area contributed by atoms with Gasteiger partial charge in [-0.15, -0.1) is 0 Å². The van der Waals surface area contributed by atoms with Gasteiger partial charge in [-0.05, 0) is 39.0 Å². The maximum absolute atomic E-state index is 12.8. The third-order valence-corrected chi connectivity index (χ3v) is 7.10. The molecular formula is C23H41N5O2. The van der Waals surface area contributed by atoms with Crippen molar-refractivity contribution in [3.05, 3.63) is 0 Å². The highest BCUT2D eigenvalue weighted by atomic mass is 16.2. The van der Waals surface area contributed by atoms with Crippen LogP contribution in [0.4, 0.5) is 0 Å². The summed E-state index contributed by atoms with van der Waals surface area (Å²) in [6, 6.07) is 0.222. The SMILES string of the molecule is CCNC(=NCC1(C(=O)N(C)C)CCCC1)NC1CCN(C(=O)C2CCCCC2)C1. The molecule has 0 aromatic rings. The Kier molecular flexibility index (Phi) is 8.00. The zero-order valence-electron chi connectivity index (χ0n) is 19.2. The Hall–Kier alpha value is -1.79. The highest BCUT2D eigenvalue weighted by Crippen LogP contribution is 2.39. The number of carbonyl (C=O) groups is 2. The Labute approximate surface area is 182 Å². The smallest absolute Gasteiger partial charge is 0.230 e. The molecule has 2 aliphatic carbocycles. The van der Waals surface area contributed by atoms with Gasteiger partial charge in [-0.1, -0.05) is 32.1 Å². The second kappa shape index (κ2) is 10.5. The average Bonchev–Trinajstić information content (AvgIpc) is 3.42. The number of likely N-dealkylation sites (tertiary alicyclic amines) is 1. The van der Waals surface area contributed by atoms with Gasteiger partial charge in [-0.3, -0.25) is 14.6 Å². The van der Waals surface area contributed by atoms with Crippen LogP contribution in [0.3, 0.4) is 0 Å². The molecule has 1 saturated heterocycles. The number of nitrogens with zero attached hydrogens (tertiary/aromatic N) is 3. The van der Waals surface area contributed by atoms with Crippen molar-refractivity contribution in [2.75, 3.05) is 40.3 Å². The van der Waals surface area contributed by atoms with Gasteiger partial charge in [0.25, 0.3) is 0 Å². The Bertz CT molecular complexity index is 621. The largest absolute Gasteiger partial charge is 0.357 e. The second-order valence-electron chi connectivity index (χ2n) is 9.63. The summed E-state index contributed by atoms with van der Waals surface area (Å²) in [6.45, 7) is 4.94. The maximum Gasteiger partial charge on any atom is 0.230 e. The van der Waals surface area contributed by atoms with Gasteiger partial charge >= 0.3 is 0 Å². The predicted octanol–water partition coefficient (Wildman–Crippen LogP) is 2.37. The van der Waals surface area contributed by atoms with E-state index in [4.69, 9.17) is 4.99 Å². The number of hydrogen-bond donors (Lipinski definition) is 2. The lowest BCUT2D eigenvalue weighted by Crippen LogP contribution is -2.47. The van der Waals surface area contributed by atoms with Crippen molar-refractivity contribution < 1.29 is 9.59 Å². The van der Waals surface area contributed by atoms with Crippen molar-refractivity contribution in [3.8, 4) is 0 Å². The molecule has 7 heteroatoms. The van der Waals surface area contributed by atoms with E-state index in [1.807, 2.05) is 19.0 Å². The number of carbonyl (C=O) groups excluding carboxylic acids is 2. The molecule has 7 nitrogen and oxygen atoms in total. The summed E-state index contributed by atoms with van der Waals surface area (Å²) in [5.41, 5.74) is -0.357. The van der Waals surface area contributed by atoms with Crippen LogP contribution >= 0.6 is 0 Å². The molecule has 30 heavy (non-hydrogen) atoms. The molecule has 0 spiro atoms.